The minimum atomic E-state index is 0.430. The fourth-order valence-electron chi connectivity index (χ4n) is 1.44. The molecule has 13 heavy (non-hydrogen) atoms. The standard InChI is InChI=1S/C12H16O/c1-10(8-9-13)11(2)12-6-4-3-5-7-12/h3-7,9-11H,8H2,1-2H3. The number of carbonyl (C=O) groups is 1. The molecule has 1 heteroatoms. The zero-order chi connectivity index (χ0) is 9.68. The molecule has 1 nitrogen and oxygen atoms in total. The Hall–Kier alpha value is -1.11. The maximum absolute atomic E-state index is 10.4. The molecule has 0 aliphatic rings. The summed E-state index contributed by atoms with van der Waals surface area (Å²) in [5.41, 5.74) is 1.32. The summed E-state index contributed by atoms with van der Waals surface area (Å²) in [6.07, 6.45) is 1.65. The summed E-state index contributed by atoms with van der Waals surface area (Å²) >= 11 is 0. The first kappa shape index (κ1) is 9.97. The van der Waals surface area contributed by atoms with Crippen LogP contribution in [0.5, 0.6) is 0 Å². The number of carbonyl (C=O) groups excluding carboxylic acids is 1. The van der Waals surface area contributed by atoms with Gasteiger partial charge in [-0.05, 0) is 17.4 Å². The van der Waals surface area contributed by atoms with Gasteiger partial charge in [-0.15, -0.1) is 0 Å². The van der Waals surface area contributed by atoms with E-state index >= 15 is 0 Å². The molecule has 0 aliphatic heterocycles. The second kappa shape index (κ2) is 4.80. The highest BCUT2D eigenvalue weighted by Crippen LogP contribution is 2.25. The Kier molecular flexibility index (Phi) is 3.69. The van der Waals surface area contributed by atoms with Crippen LogP contribution in [0.4, 0.5) is 0 Å². The fourth-order valence-corrected chi connectivity index (χ4v) is 1.44. The van der Waals surface area contributed by atoms with Crippen molar-refractivity contribution >= 4 is 6.29 Å². The molecule has 0 spiro atoms. The highest BCUT2D eigenvalue weighted by Gasteiger charge is 2.12. The lowest BCUT2D eigenvalue weighted by Crippen LogP contribution is -2.06. The highest BCUT2D eigenvalue weighted by molar-refractivity contribution is 5.50. The summed E-state index contributed by atoms with van der Waals surface area (Å²) in [6, 6.07) is 10.3. The van der Waals surface area contributed by atoms with Crippen molar-refractivity contribution in [1.29, 1.82) is 0 Å². The van der Waals surface area contributed by atoms with Crippen molar-refractivity contribution in [2.75, 3.05) is 0 Å². The summed E-state index contributed by atoms with van der Waals surface area (Å²) in [5, 5.41) is 0. The number of hydrogen-bond acceptors (Lipinski definition) is 1. The monoisotopic (exact) mass is 176 g/mol. The maximum atomic E-state index is 10.4. The van der Waals surface area contributed by atoms with Crippen LogP contribution in [-0.4, -0.2) is 6.29 Å². The molecule has 0 radical (unpaired) electrons. The minimum absolute atomic E-state index is 0.430. The molecule has 0 fully saturated rings. The van der Waals surface area contributed by atoms with E-state index in [-0.39, 0.29) is 0 Å². The summed E-state index contributed by atoms with van der Waals surface area (Å²) < 4.78 is 0. The van der Waals surface area contributed by atoms with Crippen LogP contribution in [0.3, 0.4) is 0 Å². The predicted octanol–water partition coefficient (Wildman–Crippen LogP) is 3.02. The summed E-state index contributed by atoms with van der Waals surface area (Å²) in [5.74, 6) is 0.895. The van der Waals surface area contributed by atoms with Gasteiger partial charge < -0.3 is 4.79 Å². The Morgan fingerprint density at radius 3 is 2.38 bits per heavy atom. The zero-order valence-electron chi connectivity index (χ0n) is 8.23. The van der Waals surface area contributed by atoms with Crippen molar-refractivity contribution in [3.8, 4) is 0 Å². The van der Waals surface area contributed by atoms with E-state index in [9.17, 15) is 4.79 Å². The molecular weight excluding hydrogens is 160 g/mol. The largest absolute Gasteiger partial charge is 0.303 e. The summed E-state index contributed by atoms with van der Waals surface area (Å²) in [7, 11) is 0. The Balaban J connectivity index is 2.67. The molecule has 0 aliphatic carbocycles. The molecule has 2 unspecified atom stereocenters. The van der Waals surface area contributed by atoms with Crippen molar-refractivity contribution in [2.45, 2.75) is 26.2 Å². The van der Waals surface area contributed by atoms with Crippen molar-refractivity contribution in [3.05, 3.63) is 35.9 Å². The van der Waals surface area contributed by atoms with Gasteiger partial charge in [0.2, 0.25) is 0 Å². The predicted molar refractivity (Wildman–Crippen MR) is 54.7 cm³/mol. The Morgan fingerprint density at radius 1 is 1.23 bits per heavy atom. The van der Waals surface area contributed by atoms with Crippen molar-refractivity contribution in [3.63, 3.8) is 0 Å². The van der Waals surface area contributed by atoms with Crippen LogP contribution in [0.2, 0.25) is 0 Å². The van der Waals surface area contributed by atoms with E-state index in [1.54, 1.807) is 0 Å². The van der Waals surface area contributed by atoms with Gasteiger partial charge in [-0.3, -0.25) is 0 Å². The van der Waals surface area contributed by atoms with Gasteiger partial charge in [0.25, 0.3) is 0 Å². The molecule has 0 amide bonds. The van der Waals surface area contributed by atoms with E-state index < -0.39 is 0 Å². The van der Waals surface area contributed by atoms with Crippen LogP contribution in [0, 0.1) is 5.92 Å². The van der Waals surface area contributed by atoms with Crippen molar-refractivity contribution < 1.29 is 4.79 Å². The van der Waals surface area contributed by atoms with Gasteiger partial charge in [0.15, 0.2) is 0 Å². The molecule has 1 aromatic carbocycles. The first-order chi connectivity index (χ1) is 6.25. The second-order valence-corrected chi connectivity index (χ2v) is 3.58. The van der Waals surface area contributed by atoms with Gasteiger partial charge in [-0.25, -0.2) is 0 Å². The van der Waals surface area contributed by atoms with Crippen LogP contribution >= 0.6 is 0 Å². The molecule has 1 rings (SSSR count). The summed E-state index contributed by atoms with van der Waals surface area (Å²) in [4.78, 5) is 10.4. The Labute approximate surface area is 79.8 Å². The van der Waals surface area contributed by atoms with Crippen molar-refractivity contribution in [2.24, 2.45) is 5.92 Å². The number of aldehydes is 1. The van der Waals surface area contributed by atoms with Gasteiger partial charge in [-0.1, -0.05) is 44.2 Å². The van der Waals surface area contributed by atoms with Gasteiger partial charge in [0, 0.05) is 6.42 Å². The van der Waals surface area contributed by atoms with Crippen LogP contribution in [0.15, 0.2) is 30.3 Å². The molecule has 0 N–H and O–H groups in total. The SMILES string of the molecule is CC(CC=O)C(C)c1ccccc1. The lowest BCUT2D eigenvalue weighted by Gasteiger charge is -2.17. The van der Waals surface area contributed by atoms with Gasteiger partial charge in [0.1, 0.15) is 6.29 Å². The van der Waals surface area contributed by atoms with E-state index in [4.69, 9.17) is 0 Å². The lowest BCUT2D eigenvalue weighted by atomic mass is 9.87. The first-order valence-corrected chi connectivity index (χ1v) is 4.74. The Bertz CT molecular complexity index is 253. The molecular formula is C12H16O. The molecule has 0 aromatic heterocycles. The smallest absolute Gasteiger partial charge is 0.120 e. The number of hydrogen-bond donors (Lipinski definition) is 0. The van der Waals surface area contributed by atoms with Crippen LogP contribution in [-0.2, 0) is 4.79 Å². The average Bonchev–Trinajstić information content (AvgIpc) is 2.18. The second-order valence-electron chi connectivity index (χ2n) is 3.58. The van der Waals surface area contributed by atoms with E-state index in [0.717, 1.165) is 6.29 Å². The molecule has 0 heterocycles. The van der Waals surface area contributed by atoms with Crippen LogP contribution < -0.4 is 0 Å². The number of benzene rings is 1. The topological polar surface area (TPSA) is 17.1 Å². The van der Waals surface area contributed by atoms with Crippen molar-refractivity contribution in [1.82, 2.24) is 0 Å². The third-order valence-electron chi connectivity index (χ3n) is 2.65. The van der Waals surface area contributed by atoms with Gasteiger partial charge in [-0.2, -0.15) is 0 Å². The molecule has 0 saturated carbocycles. The minimum Gasteiger partial charge on any atom is -0.303 e. The molecule has 0 saturated heterocycles. The normalized spacial score (nSPS) is 14.9. The van der Waals surface area contributed by atoms with Gasteiger partial charge in [0.05, 0.1) is 0 Å². The van der Waals surface area contributed by atoms with Gasteiger partial charge >= 0.3 is 0 Å². The lowest BCUT2D eigenvalue weighted by molar-refractivity contribution is -0.108. The van der Waals surface area contributed by atoms with Crippen LogP contribution in [0.25, 0.3) is 0 Å². The quantitative estimate of drug-likeness (QED) is 0.644. The third kappa shape index (κ3) is 2.69. The zero-order valence-corrected chi connectivity index (χ0v) is 8.23. The van der Waals surface area contributed by atoms with E-state index in [1.807, 2.05) is 18.2 Å². The average molecular weight is 176 g/mol. The molecule has 2 atom stereocenters. The molecule has 0 bridgehead atoms. The third-order valence-corrected chi connectivity index (χ3v) is 2.65. The van der Waals surface area contributed by atoms with E-state index in [1.165, 1.54) is 5.56 Å². The molecule has 1 aromatic rings. The Morgan fingerprint density at radius 2 is 1.85 bits per heavy atom. The summed E-state index contributed by atoms with van der Waals surface area (Å²) in [6.45, 7) is 4.29. The van der Waals surface area contributed by atoms with Crippen LogP contribution in [0.1, 0.15) is 31.7 Å². The van der Waals surface area contributed by atoms with E-state index in [2.05, 4.69) is 26.0 Å². The maximum Gasteiger partial charge on any atom is 0.120 e. The number of rotatable bonds is 4. The fraction of sp³-hybridized carbons (Fsp3) is 0.417. The van der Waals surface area contributed by atoms with E-state index in [0.29, 0.717) is 18.3 Å². The first-order valence-electron chi connectivity index (χ1n) is 4.74. The highest BCUT2D eigenvalue weighted by atomic mass is 16.1. The molecule has 70 valence electrons.